The molecule has 116 valence electrons. The van der Waals surface area contributed by atoms with E-state index in [2.05, 4.69) is 4.98 Å². The largest absolute Gasteiger partial charge is 0.391 e. The summed E-state index contributed by atoms with van der Waals surface area (Å²) in [6.45, 7) is 0.894. The van der Waals surface area contributed by atoms with Crippen LogP contribution in [0.4, 0.5) is 8.78 Å². The first kappa shape index (κ1) is 15.1. The fourth-order valence-corrected chi connectivity index (χ4v) is 3.23. The number of aliphatic hydroxyl groups is 1. The molecule has 1 N–H and O–H groups in total. The van der Waals surface area contributed by atoms with Gasteiger partial charge >= 0.3 is 0 Å². The molecule has 0 aliphatic carbocycles. The van der Waals surface area contributed by atoms with E-state index in [-0.39, 0.29) is 11.6 Å². The normalized spacial score (nSPS) is 18.5. The van der Waals surface area contributed by atoms with Gasteiger partial charge in [0.25, 0.3) is 5.91 Å². The molecule has 22 heavy (non-hydrogen) atoms. The Balaban J connectivity index is 1.81. The molecule has 1 aromatic carbocycles. The minimum Gasteiger partial charge on any atom is -0.391 e. The van der Waals surface area contributed by atoms with E-state index in [1.807, 2.05) is 0 Å². The molecule has 1 fully saturated rings. The predicted octanol–water partition coefficient (Wildman–Crippen LogP) is 2.69. The van der Waals surface area contributed by atoms with Gasteiger partial charge in [0.15, 0.2) is 11.6 Å². The van der Waals surface area contributed by atoms with Crippen LogP contribution in [0, 0.1) is 11.6 Å². The number of halogens is 2. The summed E-state index contributed by atoms with van der Waals surface area (Å²) >= 11 is 1.20. The van der Waals surface area contributed by atoms with Crippen molar-refractivity contribution >= 4 is 17.2 Å². The van der Waals surface area contributed by atoms with Crippen LogP contribution in [0.2, 0.25) is 0 Å². The fraction of sp³-hybridized carbons (Fsp3) is 0.333. The molecule has 3 rings (SSSR count). The number of hydrogen-bond acceptors (Lipinski definition) is 4. The number of thiazole rings is 1. The Kier molecular flexibility index (Phi) is 4.17. The molecule has 1 amide bonds. The number of aliphatic hydroxyl groups excluding tert-OH is 1. The monoisotopic (exact) mass is 324 g/mol. The SMILES string of the molecule is O=C(c1csc(-c2ccc(F)c(F)c2)n1)N1CCCC(O)C1. The third kappa shape index (κ3) is 3.00. The Bertz CT molecular complexity index is 705. The summed E-state index contributed by atoms with van der Waals surface area (Å²) in [5.41, 5.74) is 0.695. The highest BCUT2D eigenvalue weighted by Gasteiger charge is 2.24. The zero-order valence-electron chi connectivity index (χ0n) is 11.6. The zero-order chi connectivity index (χ0) is 15.7. The molecular formula is C15H14F2N2O2S. The van der Waals surface area contributed by atoms with E-state index >= 15 is 0 Å². The number of carbonyl (C=O) groups excluding carboxylic acids is 1. The van der Waals surface area contributed by atoms with Crippen LogP contribution in [0.25, 0.3) is 10.6 Å². The highest BCUT2D eigenvalue weighted by Crippen LogP contribution is 2.26. The van der Waals surface area contributed by atoms with Gasteiger partial charge < -0.3 is 10.0 Å². The second-order valence-electron chi connectivity index (χ2n) is 5.21. The van der Waals surface area contributed by atoms with Gasteiger partial charge in [-0.2, -0.15) is 0 Å². The number of aromatic nitrogens is 1. The average molecular weight is 324 g/mol. The second-order valence-corrected chi connectivity index (χ2v) is 6.07. The molecule has 1 aliphatic rings. The molecule has 1 aliphatic heterocycles. The third-order valence-corrected chi connectivity index (χ3v) is 4.46. The van der Waals surface area contributed by atoms with Gasteiger partial charge in [-0.3, -0.25) is 4.79 Å². The number of carbonyl (C=O) groups is 1. The van der Waals surface area contributed by atoms with E-state index in [4.69, 9.17) is 0 Å². The molecule has 1 saturated heterocycles. The molecule has 0 spiro atoms. The van der Waals surface area contributed by atoms with Crippen molar-refractivity contribution in [3.05, 3.63) is 40.9 Å². The number of amides is 1. The summed E-state index contributed by atoms with van der Waals surface area (Å²) in [6, 6.07) is 3.53. The van der Waals surface area contributed by atoms with E-state index in [0.717, 1.165) is 18.6 Å². The maximum absolute atomic E-state index is 13.3. The highest BCUT2D eigenvalue weighted by atomic mass is 32.1. The lowest BCUT2D eigenvalue weighted by Gasteiger charge is -2.29. The van der Waals surface area contributed by atoms with Gasteiger partial charge in [-0.25, -0.2) is 13.8 Å². The number of piperidine rings is 1. The van der Waals surface area contributed by atoms with E-state index in [0.29, 0.717) is 30.1 Å². The van der Waals surface area contributed by atoms with Crippen LogP contribution in [-0.2, 0) is 0 Å². The number of hydrogen-bond donors (Lipinski definition) is 1. The molecule has 1 atom stereocenters. The minimum atomic E-state index is -0.945. The van der Waals surface area contributed by atoms with Gasteiger partial charge in [-0.1, -0.05) is 0 Å². The van der Waals surface area contributed by atoms with Crippen LogP contribution < -0.4 is 0 Å². The lowest BCUT2D eigenvalue weighted by molar-refractivity contribution is 0.0469. The number of benzene rings is 1. The molecule has 0 radical (unpaired) electrons. The van der Waals surface area contributed by atoms with Crippen molar-refractivity contribution < 1.29 is 18.7 Å². The van der Waals surface area contributed by atoms with Crippen molar-refractivity contribution in [3.8, 4) is 10.6 Å². The summed E-state index contributed by atoms with van der Waals surface area (Å²) in [4.78, 5) is 18.1. The molecule has 0 saturated carbocycles. The van der Waals surface area contributed by atoms with Crippen LogP contribution in [0.15, 0.2) is 23.6 Å². The van der Waals surface area contributed by atoms with Crippen LogP contribution in [-0.4, -0.2) is 40.1 Å². The Morgan fingerprint density at radius 2 is 2.18 bits per heavy atom. The van der Waals surface area contributed by atoms with Crippen molar-refractivity contribution in [2.75, 3.05) is 13.1 Å². The zero-order valence-corrected chi connectivity index (χ0v) is 12.4. The smallest absolute Gasteiger partial charge is 0.273 e. The van der Waals surface area contributed by atoms with E-state index in [1.54, 1.807) is 10.3 Å². The third-order valence-electron chi connectivity index (χ3n) is 3.57. The van der Waals surface area contributed by atoms with Crippen molar-refractivity contribution in [1.82, 2.24) is 9.88 Å². The van der Waals surface area contributed by atoms with Gasteiger partial charge in [-0.05, 0) is 31.0 Å². The standard InChI is InChI=1S/C15H14F2N2O2S/c16-11-4-3-9(6-12(11)17)14-18-13(8-22-14)15(21)19-5-1-2-10(20)7-19/h3-4,6,8,10,20H,1-2,5,7H2. The molecule has 1 aromatic heterocycles. The summed E-state index contributed by atoms with van der Waals surface area (Å²) in [6.07, 6.45) is 0.954. The first-order valence-electron chi connectivity index (χ1n) is 6.93. The van der Waals surface area contributed by atoms with Crippen LogP contribution in [0.3, 0.4) is 0 Å². The van der Waals surface area contributed by atoms with Crippen molar-refractivity contribution in [3.63, 3.8) is 0 Å². The first-order chi connectivity index (χ1) is 10.5. The van der Waals surface area contributed by atoms with Crippen LogP contribution in [0.1, 0.15) is 23.3 Å². The quantitative estimate of drug-likeness (QED) is 0.924. The molecule has 1 unspecified atom stereocenters. The Labute approximate surface area is 130 Å². The lowest BCUT2D eigenvalue weighted by atomic mass is 10.1. The molecule has 4 nitrogen and oxygen atoms in total. The predicted molar refractivity (Wildman–Crippen MR) is 78.6 cm³/mol. The van der Waals surface area contributed by atoms with Crippen molar-refractivity contribution in [1.29, 1.82) is 0 Å². The summed E-state index contributed by atoms with van der Waals surface area (Å²) in [5, 5.41) is 11.7. The summed E-state index contributed by atoms with van der Waals surface area (Å²) < 4.78 is 26.2. The minimum absolute atomic E-state index is 0.246. The molecule has 0 bridgehead atoms. The van der Waals surface area contributed by atoms with Gasteiger partial charge in [0.05, 0.1) is 6.10 Å². The van der Waals surface area contributed by atoms with Crippen LogP contribution >= 0.6 is 11.3 Å². The van der Waals surface area contributed by atoms with Gasteiger partial charge in [0.2, 0.25) is 0 Å². The Morgan fingerprint density at radius 1 is 1.36 bits per heavy atom. The number of nitrogens with zero attached hydrogens (tertiary/aromatic N) is 2. The number of rotatable bonds is 2. The topological polar surface area (TPSA) is 53.4 Å². The maximum Gasteiger partial charge on any atom is 0.273 e. The molecule has 2 aromatic rings. The van der Waals surface area contributed by atoms with Gasteiger partial charge in [-0.15, -0.1) is 11.3 Å². The molecule has 2 heterocycles. The average Bonchev–Trinajstić information content (AvgIpc) is 2.99. The molecular weight excluding hydrogens is 310 g/mol. The van der Waals surface area contributed by atoms with E-state index in [9.17, 15) is 18.7 Å². The van der Waals surface area contributed by atoms with Gasteiger partial charge in [0.1, 0.15) is 10.7 Å². The van der Waals surface area contributed by atoms with E-state index < -0.39 is 17.7 Å². The fourth-order valence-electron chi connectivity index (χ4n) is 2.43. The highest BCUT2D eigenvalue weighted by molar-refractivity contribution is 7.13. The first-order valence-corrected chi connectivity index (χ1v) is 7.81. The number of β-amino-alcohol motifs (C(OH)–C–C–N with tert-alkyl or cyclic N) is 1. The van der Waals surface area contributed by atoms with Crippen molar-refractivity contribution in [2.24, 2.45) is 0 Å². The Hall–Kier alpha value is -1.86. The Morgan fingerprint density at radius 3 is 2.91 bits per heavy atom. The van der Waals surface area contributed by atoms with Crippen LogP contribution in [0.5, 0.6) is 0 Å². The van der Waals surface area contributed by atoms with E-state index in [1.165, 1.54) is 17.4 Å². The number of likely N-dealkylation sites (tertiary alicyclic amines) is 1. The second kappa shape index (κ2) is 6.10. The lowest BCUT2D eigenvalue weighted by Crippen LogP contribution is -2.42. The maximum atomic E-state index is 13.3. The summed E-state index contributed by atoms with van der Waals surface area (Å²) in [7, 11) is 0. The van der Waals surface area contributed by atoms with Gasteiger partial charge in [0, 0.05) is 24.0 Å². The molecule has 7 heteroatoms. The summed E-state index contributed by atoms with van der Waals surface area (Å²) in [5.74, 6) is -2.11. The van der Waals surface area contributed by atoms with Crippen molar-refractivity contribution in [2.45, 2.75) is 18.9 Å².